The van der Waals surface area contributed by atoms with E-state index in [4.69, 9.17) is 10.5 Å². The molecule has 0 saturated carbocycles. The van der Waals surface area contributed by atoms with Gasteiger partial charge in [-0.15, -0.1) is 0 Å². The van der Waals surface area contributed by atoms with Crippen LogP contribution in [0.1, 0.15) is 22.0 Å². The third kappa shape index (κ3) is 5.28. The fraction of sp³-hybridized carbons (Fsp3) is 0.235. The van der Waals surface area contributed by atoms with E-state index < -0.39 is 12.0 Å². The summed E-state index contributed by atoms with van der Waals surface area (Å²) in [5, 5.41) is 22.3. The van der Waals surface area contributed by atoms with E-state index >= 15 is 0 Å². The Bertz CT molecular complexity index is 626. The molecular weight excluding hydrogens is 296 g/mol. The number of rotatable bonds is 8. The highest BCUT2D eigenvalue weighted by atomic mass is 16.5. The molecule has 0 saturated heterocycles. The van der Waals surface area contributed by atoms with Crippen LogP contribution in [0.15, 0.2) is 48.5 Å². The summed E-state index contributed by atoms with van der Waals surface area (Å²) in [6, 6.07) is 13.0. The number of ether oxygens (including phenoxy) is 1. The molecular formula is C17H20N2O4. The van der Waals surface area contributed by atoms with Gasteiger partial charge in [0.15, 0.2) is 0 Å². The Morgan fingerprint density at radius 2 is 1.78 bits per heavy atom. The van der Waals surface area contributed by atoms with Crippen molar-refractivity contribution in [2.24, 2.45) is 5.73 Å². The standard InChI is InChI=1S/C17H20N2O4/c18-17(22)13-3-7-15(8-4-13)23-10-9-19-11-16(21)12-1-5-14(20)6-2-12/h1-8,16,19-21H,9-11H2,(H2,18,22). The number of nitrogens with one attached hydrogen (secondary N) is 1. The Morgan fingerprint density at radius 3 is 2.39 bits per heavy atom. The van der Waals surface area contributed by atoms with Crippen molar-refractivity contribution < 1.29 is 19.7 Å². The largest absolute Gasteiger partial charge is 0.508 e. The zero-order valence-corrected chi connectivity index (χ0v) is 12.6. The smallest absolute Gasteiger partial charge is 0.248 e. The highest BCUT2D eigenvalue weighted by Crippen LogP contribution is 2.16. The predicted octanol–water partition coefficient (Wildman–Crippen LogP) is 1.19. The molecule has 0 aliphatic heterocycles. The van der Waals surface area contributed by atoms with Crippen LogP contribution >= 0.6 is 0 Å². The number of hydrogen-bond acceptors (Lipinski definition) is 5. The van der Waals surface area contributed by atoms with Gasteiger partial charge in [0, 0.05) is 18.7 Å². The molecule has 23 heavy (non-hydrogen) atoms. The highest BCUT2D eigenvalue weighted by Gasteiger charge is 2.06. The molecule has 6 heteroatoms. The third-order valence-corrected chi connectivity index (χ3v) is 3.30. The Hall–Kier alpha value is -2.57. The first-order valence-electron chi connectivity index (χ1n) is 7.26. The number of aromatic hydroxyl groups is 1. The molecule has 0 fully saturated rings. The molecule has 0 heterocycles. The first-order valence-corrected chi connectivity index (χ1v) is 7.26. The van der Waals surface area contributed by atoms with Gasteiger partial charge in [-0.05, 0) is 42.0 Å². The molecule has 122 valence electrons. The minimum atomic E-state index is -0.648. The van der Waals surface area contributed by atoms with Crippen molar-refractivity contribution in [3.63, 3.8) is 0 Å². The van der Waals surface area contributed by atoms with E-state index in [-0.39, 0.29) is 5.75 Å². The number of aliphatic hydroxyl groups excluding tert-OH is 1. The van der Waals surface area contributed by atoms with Crippen LogP contribution in [0.4, 0.5) is 0 Å². The topological polar surface area (TPSA) is 105 Å². The number of carbonyl (C=O) groups excluding carboxylic acids is 1. The van der Waals surface area contributed by atoms with Gasteiger partial charge in [-0.2, -0.15) is 0 Å². The molecule has 1 amide bonds. The van der Waals surface area contributed by atoms with Gasteiger partial charge in [0.1, 0.15) is 18.1 Å². The summed E-state index contributed by atoms with van der Waals surface area (Å²) in [7, 11) is 0. The lowest BCUT2D eigenvalue weighted by Crippen LogP contribution is -2.26. The van der Waals surface area contributed by atoms with E-state index in [1.165, 1.54) is 12.1 Å². The molecule has 5 N–H and O–H groups in total. The second-order valence-corrected chi connectivity index (χ2v) is 5.05. The molecule has 0 spiro atoms. The number of phenols is 1. The van der Waals surface area contributed by atoms with E-state index in [1.54, 1.807) is 36.4 Å². The van der Waals surface area contributed by atoms with Crippen LogP contribution in [0, 0.1) is 0 Å². The molecule has 0 bridgehead atoms. The van der Waals surface area contributed by atoms with Crippen molar-refractivity contribution in [3.8, 4) is 11.5 Å². The summed E-state index contributed by atoms with van der Waals surface area (Å²) < 4.78 is 5.51. The predicted molar refractivity (Wildman–Crippen MR) is 86.4 cm³/mol. The van der Waals surface area contributed by atoms with E-state index in [0.29, 0.717) is 31.0 Å². The molecule has 0 aliphatic rings. The van der Waals surface area contributed by atoms with E-state index in [1.807, 2.05) is 0 Å². The molecule has 0 radical (unpaired) electrons. The average Bonchev–Trinajstić information content (AvgIpc) is 2.55. The van der Waals surface area contributed by atoms with Crippen molar-refractivity contribution in [1.29, 1.82) is 0 Å². The van der Waals surface area contributed by atoms with Gasteiger partial charge in [0.25, 0.3) is 0 Å². The first kappa shape index (κ1) is 16.8. The number of primary amides is 1. The summed E-state index contributed by atoms with van der Waals surface area (Å²) in [6.45, 7) is 1.37. The Labute approximate surface area is 134 Å². The zero-order chi connectivity index (χ0) is 16.7. The van der Waals surface area contributed by atoms with Gasteiger partial charge in [-0.3, -0.25) is 4.79 Å². The van der Waals surface area contributed by atoms with Gasteiger partial charge in [-0.25, -0.2) is 0 Å². The summed E-state index contributed by atoms with van der Waals surface area (Å²) in [4.78, 5) is 10.9. The van der Waals surface area contributed by atoms with E-state index in [9.17, 15) is 15.0 Å². The maximum absolute atomic E-state index is 10.9. The van der Waals surface area contributed by atoms with Crippen molar-refractivity contribution in [1.82, 2.24) is 5.32 Å². The molecule has 0 aromatic heterocycles. The molecule has 1 atom stereocenters. The minimum absolute atomic E-state index is 0.171. The number of benzene rings is 2. The first-order chi connectivity index (χ1) is 11.1. The van der Waals surface area contributed by atoms with Gasteiger partial charge in [0.05, 0.1) is 6.10 Å². The van der Waals surface area contributed by atoms with Crippen LogP contribution in [0.2, 0.25) is 0 Å². The van der Waals surface area contributed by atoms with Crippen LogP contribution < -0.4 is 15.8 Å². The number of aliphatic hydroxyl groups is 1. The number of amides is 1. The van der Waals surface area contributed by atoms with Gasteiger partial charge >= 0.3 is 0 Å². The second kappa shape index (κ2) is 8.17. The zero-order valence-electron chi connectivity index (χ0n) is 12.6. The van der Waals surface area contributed by atoms with Crippen LogP contribution in [-0.2, 0) is 0 Å². The quantitative estimate of drug-likeness (QED) is 0.548. The minimum Gasteiger partial charge on any atom is -0.508 e. The Morgan fingerprint density at radius 1 is 1.13 bits per heavy atom. The molecule has 2 aromatic carbocycles. The van der Waals surface area contributed by atoms with Crippen molar-refractivity contribution in [2.75, 3.05) is 19.7 Å². The van der Waals surface area contributed by atoms with Crippen molar-refractivity contribution >= 4 is 5.91 Å². The summed E-state index contributed by atoms with van der Waals surface area (Å²) >= 11 is 0. The van der Waals surface area contributed by atoms with E-state index in [0.717, 1.165) is 5.56 Å². The monoisotopic (exact) mass is 316 g/mol. The van der Waals surface area contributed by atoms with Crippen LogP contribution in [-0.4, -0.2) is 35.8 Å². The van der Waals surface area contributed by atoms with Crippen LogP contribution in [0.25, 0.3) is 0 Å². The SMILES string of the molecule is NC(=O)c1ccc(OCCNCC(O)c2ccc(O)cc2)cc1. The molecule has 1 unspecified atom stereocenters. The van der Waals surface area contributed by atoms with Gasteiger partial charge in [0.2, 0.25) is 5.91 Å². The highest BCUT2D eigenvalue weighted by molar-refractivity contribution is 5.92. The number of phenolic OH excluding ortho intramolecular Hbond substituents is 1. The molecule has 0 aliphatic carbocycles. The summed E-state index contributed by atoms with van der Waals surface area (Å²) in [5.41, 5.74) is 6.33. The van der Waals surface area contributed by atoms with Gasteiger partial charge in [-0.1, -0.05) is 12.1 Å². The lowest BCUT2D eigenvalue weighted by atomic mass is 10.1. The molecule has 6 nitrogen and oxygen atoms in total. The average molecular weight is 316 g/mol. The number of hydrogen-bond donors (Lipinski definition) is 4. The number of carbonyl (C=O) groups is 1. The molecule has 2 aromatic rings. The normalized spacial score (nSPS) is 11.9. The summed E-state index contributed by atoms with van der Waals surface area (Å²) in [6.07, 6.45) is -0.648. The van der Waals surface area contributed by atoms with Crippen molar-refractivity contribution in [2.45, 2.75) is 6.10 Å². The fourth-order valence-corrected chi connectivity index (χ4v) is 2.01. The molecule has 2 rings (SSSR count). The Balaban J connectivity index is 1.67. The maximum Gasteiger partial charge on any atom is 0.248 e. The van der Waals surface area contributed by atoms with Crippen LogP contribution in [0.5, 0.6) is 11.5 Å². The van der Waals surface area contributed by atoms with E-state index in [2.05, 4.69) is 5.32 Å². The third-order valence-electron chi connectivity index (χ3n) is 3.30. The lowest BCUT2D eigenvalue weighted by molar-refractivity contribution is 0.1000. The maximum atomic E-state index is 10.9. The Kier molecular flexibility index (Phi) is 5.96. The second-order valence-electron chi connectivity index (χ2n) is 5.05. The fourth-order valence-electron chi connectivity index (χ4n) is 2.01. The van der Waals surface area contributed by atoms with Gasteiger partial charge < -0.3 is 26.0 Å². The van der Waals surface area contributed by atoms with Crippen LogP contribution in [0.3, 0.4) is 0 Å². The number of nitrogens with two attached hydrogens (primary N) is 1. The van der Waals surface area contributed by atoms with Crippen molar-refractivity contribution in [3.05, 3.63) is 59.7 Å². The summed E-state index contributed by atoms with van der Waals surface area (Å²) in [5.74, 6) is 0.349. The lowest BCUT2D eigenvalue weighted by Gasteiger charge is -2.13.